The first-order chi connectivity index (χ1) is 11.5. The fraction of sp³-hybridized carbons (Fsp3) is 0.278. The van der Waals surface area contributed by atoms with E-state index >= 15 is 0 Å². The van der Waals surface area contributed by atoms with Crippen LogP contribution in [-0.2, 0) is 11.2 Å². The number of fused-ring (bicyclic) bond motifs is 1. The van der Waals surface area contributed by atoms with Crippen LogP contribution < -0.4 is 10.6 Å². The van der Waals surface area contributed by atoms with Crippen molar-refractivity contribution < 1.29 is 14.0 Å². The molecule has 6 nitrogen and oxygen atoms in total. The molecule has 2 amide bonds. The molecule has 2 heterocycles. The highest BCUT2D eigenvalue weighted by Gasteiger charge is 2.19. The van der Waals surface area contributed by atoms with Gasteiger partial charge in [0.1, 0.15) is 17.4 Å². The lowest BCUT2D eigenvalue weighted by molar-refractivity contribution is -0.116. The molecule has 1 aromatic heterocycles. The van der Waals surface area contributed by atoms with Gasteiger partial charge in [0.15, 0.2) is 0 Å². The van der Waals surface area contributed by atoms with Gasteiger partial charge in [0.2, 0.25) is 11.8 Å². The number of aryl methyl sites for hydroxylation is 2. The summed E-state index contributed by atoms with van der Waals surface area (Å²) in [5, 5.41) is 14.7. The maximum Gasteiger partial charge on any atom is 0.258 e. The Hall–Kier alpha value is -3.07. The maximum absolute atomic E-state index is 12.5. The normalized spacial score (nSPS) is 13.5. The van der Waals surface area contributed by atoms with E-state index in [1.807, 2.05) is 6.07 Å². The molecule has 122 valence electrons. The number of hydrogen-bond acceptors (Lipinski definition) is 4. The molecule has 0 fully saturated rings. The van der Waals surface area contributed by atoms with Crippen LogP contribution in [0, 0.1) is 25.2 Å². The topological polar surface area (TPSA) is 95.1 Å². The Bertz CT molecular complexity index is 874. The summed E-state index contributed by atoms with van der Waals surface area (Å²) in [6.45, 7) is 3.52. The van der Waals surface area contributed by atoms with Crippen LogP contribution in [-0.4, -0.2) is 11.8 Å². The highest BCUT2D eigenvalue weighted by atomic mass is 16.4. The lowest BCUT2D eigenvalue weighted by atomic mass is 10.0. The molecule has 0 atom stereocenters. The Labute approximate surface area is 139 Å². The van der Waals surface area contributed by atoms with Gasteiger partial charge in [-0.05, 0) is 50.5 Å². The van der Waals surface area contributed by atoms with E-state index in [-0.39, 0.29) is 17.7 Å². The molecule has 6 heteroatoms. The van der Waals surface area contributed by atoms with E-state index in [4.69, 9.17) is 4.42 Å². The average molecular weight is 323 g/mol. The number of nitriles is 1. The fourth-order valence-corrected chi connectivity index (χ4v) is 2.74. The van der Waals surface area contributed by atoms with Crippen molar-refractivity contribution in [2.24, 2.45) is 0 Å². The number of hydrogen-bond donors (Lipinski definition) is 2. The number of nitrogens with one attached hydrogen (secondary N) is 2. The third kappa shape index (κ3) is 2.88. The van der Waals surface area contributed by atoms with Gasteiger partial charge in [-0.25, -0.2) is 0 Å². The molecule has 1 aliphatic heterocycles. The van der Waals surface area contributed by atoms with Gasteiger partial charge in [-0.3, -0.25) is 14.9 Å². The van der Waals surface area contributed by atoms with Crippen LogP contribution in [0.25, 0.3) is 0 Å². The van der Waals surface area contributed by atoms with Gasteiger partial charge in [-0.2, -0.15) is 5.26 Å². The summed E-state index contributed by atoms with van der Waals surface area (Å²) in [6, 6.07) is 7.20. The monoisotopic (exact) mass is 323 g/mol. The average Bonchev–Trinajstić information content (AvgIpc) is 2.71. The van der Waals surface area contributed by atoms with Gasteiger partial charge in [0.25, 0.3) is 5.91 Å². The number of amides is 2. The number of anilines is 2. The minimum atomic E-state index is -0.348. The number of benzene rings is 1. The zero-order valence-corrected chi connectivity index (χ0v) is 13.5. The predicted molar refractivity (Wildman–Crippen MR) is 88.9 cm³/mol. The molecule has 3 rings (SSSR count). The molecule has 0 saturated heterocycles. The highest BCUT2D eigenvalue weighted by Crippen LogP contribution is 2.27. The molecule has 0 saturated carbocycles. The minimum absolute atomic E-state index is 0.00819. The number of furan rings is 1. The summed E-state index contributed by atoms with van der Waals surface area (Å²) < 4.78 is 5.46. The molecule has 0 spiro atoms. The zero-order valence-electron chi connectivity index (χ0n) is 13.5. The first-order valence-corrected chi connectivity index (χ1v) is 7.74. The summed E-state index contributed by atoms with van der Waals surface area (Å²) in [5.41, 5.74) is 3.19. The zero-order chi connectivity index (χ0) is 17.3. The molecule has 24 heavy (non-hydrogen) atoms. The van der Waals surface area contributed by atoms with Crippen molar-refractivity contribution in [3.63, 3.8) is 0 Å². The Morgan fingerprint density at radius 1 is 1.33 bits per heavy atom. The fourth-order valence-electron chi connectivity index (χ4n) is 2.74. The van der Waals surface area contributed by atoms with Gasteiger partial charge in [0, 0.05) is 23.2 Å². The summed E-state index contributed by atoms with van der Waals surface area (Å²) in [4.78, 5) is 24.0. The van der Waals surface area contributed by atoms with E-state index in [1.54, 1.807) is 32.0 Å². The Morgan fingerprint density at radius 2 is 2.12 bits per heavy atom. The van der Waals surface area contributed by atoms with Gasteiger partial charge >= 0.3 is 0 Å². The van der Waals surface area contributed by atoms with E-state index < -0.39 is 0 Å². The summed E-state index contributed by atoms with van der Waals surface area (Å²) >= 11 is 0. The molecule has 0 unspecified atom stereocenters. The van der Waals surface area contributed by atoms with Crippen molar-refractivity contribution in [1.29, 1.82) is 5.26 Å². The maximum atomic E-state index is 12.5. The predicted octanol–water partition coefficient (Wildman–Crippen LogP) is 3.30. The van der Waals surface area contributed by atoms with Gasteiger partial charge < -0.3 is 9.73 Å². The first kappa shape index (κ1) is 15.8. The molecule has 0 aliphatic carbocycles. The van der Waals surface area contributed by atoms with E-state index in [0.717, 1.165) is 29.7 Å². The lowest BCUT2D eigenvalue weighted by Crippen LogP contribution is -2.13. The Morgan fingerprint density at radius 3 is 2.88 bits per heavy atom. The van der Waals surface area contributed by atoms with Crippen LogP contribution in [0.15, 0.2) is 22.6 Å². The van der Waals surface area contributed by atoms with Crippen molar-refractivity contribution in [2.75, 3.05) is 10.6 Å². The van der Waals surface area contributed by atoms with Crippen molar-refractivity contribution in [2.45, 2.75) is 33.1 Å². The third-order valence-electron chi connectivity index (χ3n) is 4.22. The Balaban J connectivity index is 1.86. The first-order valence-electron chi connectivity index (χ1n) is 7.74. The van der Waals surface area contributed by atoms with E-state index in [2.05, 4.69) is 10.6 Å². The quantitative estimate of drug-likeness (QED) is 0.886. The molecule has 1 aliphatic rings. The number of rotatable bonds is 2. The van der Waals surface area contributed by atoms with Crippen LogP contribution in [0.4, 0.5) is 11.6 Å². The Kier molecular flexibility index (Phi) is 4.09. The SMILES string of the molecule is Cc1oc(NC(=O)c2ccc3c(c2)CCCC(=O)N3)c(C#N)c1C. The molecular formula is C18H17N3O3. The van der Waals surface area contributed by atoms with E-state index in [9.17, 15) is 14.9 Å². The second kappa shape index (κ2) is 6.20. The van der Waals surface area contributed by atoms with Crippen LogP contribution in [0.1, 0.15) is 45.7 Å². The highest BCUT2D eigenvalue weighted by molar-refractivity contribution is 6.05. The largest absolute Gasteiger partial charge is 0.444 e. The molecular weight excluding hydrogens is 306 g/mol. The van der Waals surface area contributed by atoms with Crippen molar-refractivity contribution >= 4 is 23.4 Å². The third-order valence-corrected chi connectivity index (χ3v) is 4.22. The summed E-state index contributed by atoms with van der Waals surface area (Å²) in [7, 11) is 0. The second-order valence-electron chi connectivity index (χ2n) is 5.83. The number of carbonyl (C=O) groups is 2. The minimum Gasteiger partial charge on any atom is -0.444 e. The molecule has 1 aromatic carbocycles. The number of nitrogens with zero attached hydrogens (tertiary/aromatic N) is 1. The van der Waals surface area contributed by atoms with Crippen LogP contribution in [0.5, 0.6) is 0 Å². The standard InChI is InChI=1S/C18H17N3O3/c1-10-11(2)24-18(14(10)9-19)21-17(23)13-6-7-15-12(8-13)4-3-5-16(22)20-15/h6-8H,3-5H2,1-2H3,(H,20,22)(H,21,23). The summed E-state index contributed by atoms with van der Waals surface area (Å²) in [6.07, 6.45) is 1.96. The lowest BCUT2D eigenvalue weighted by Gasteiger charge is -2.09. The van der Waals surface area contributed by atoms with Crippen molar-refractivity contribution in [3.8, 4) is 6.07 Å². The van der Waals surface area contributed by atoms with Gasteiger partial charge in [0.05, 0.1) is 0 Å². The van der Waals surface area contributed by atoms with Crippen LogP contribution in [0.3, 0.4) is 0 Å². The molecule has 2 aromatic rings. The molecule has 0 bridgehead atoms. The molecule has 2 N–H and O–H groups in total. The van der Waals surface area contributed by atoms with E-state index in [0.29, 0.717) is 23.3 Å². The van der Waals surface area contributed by atoms with Crippen molar-refractivity contribution in [3.05, 3.63) is 46.2 Å². The van der Waals surface area contributed by atoms with Gasteiger partial charge in [-0.1, -0.05) is 0 Å². The number of carbonyl (C=O) groups excluding carboxylic acids is 2. The molecule has 0 radical (unpaired) electrons. The smallest absolute Gasteiger partial charge is 0.258 e. The van der Waals surface area contributed by atoms with Crippen molar-refractivity contribution in [1.82, 2.24) is 0 Å². The second-order valence-corrected chi connectivity index (χ2v) is 5.83. The van der Waals surface area contributed by atoms with Crippen LogP contribution >= 0.6 is 0 Å². The van der Waals surface area contributed by atoms with E-state index in [1.165, 1.54) is 0 Å². The van der Waals surface area contributed by atoms with Crippen LogP contribution in [0.2, 0.25) is 0 Å². The summed E-state index contributed by atoms with van der Waals surface area (Å²) in [5.74, 6) is 0.414. The van der Waals surface area contributed by atoms with Gasteiger partial charge in [-0.15, -0.1) is 0 Å².